The van der Waals surface area contributed by atoms with Crippen molar-refractivity contribution in [3.05, 3.63) is 47.2 Å². The summed E-state index contributed by atoms with van der Waals surface area (Å²) in [4.78, 5) is 40.2. The van der Waals surface area contributed by atoms with Crippen LogP contribution in [0.3, 0.4) is 0 Å². The van der Waals surface area contributed by atoms with E-state index in [4.69, 9.17) is 14.7 Å². The molecule has 4 rings (SSSR count). The number of thioether (sulfide) groups is 1. The number of morpholine rings is 1. The van der Waals surface area contributed by atoms with Gasteiger partial charge in [0.05, 0.1) is 18.9 Å². The number of hydrogen-bond donors (Lipinski definition) is 0. The topological polar surface area (TPSA) is 78.9 Å². The van der Waals surface area contributed by atoms with Crippen molar-refractivity contribution < 1.29 is 14.3 Å². The molecule has 2 aromatic rings. The Morgan fingerprint density at radius 3 is 2.31 bits per heavy atom. The Labute approximate surface area is 212 Å². The Morgan fingerprint density at radius 2 is 1.66 bits per heavy atom. The van der Waals surface area contributed by atoms with Crippen LogP contribution in [0.4, 0.5) is 5.82 Å². The quantitative estimate of drug-likeness (QED) is 0.464. The van der Waals surface area contributed by atoms with Gasteiger partial charge in [-0.3, -0.25) is 9.59 Å². The normalized spacial score (nSPS) is 17.0. The number of piperazine rings is 1. The van der Waals surface area contributed by atoms with E-state index < -0.39 is 0 Å². The van der Waals surface area contributed by atoms with Crippen LogP contribution < -0.4 is 4.90 Å². The molecule has 2 fully saturated rings. The van der Waals surface area contributed by atoms with Crippen molar-refractivity contribution in [3.8, 4) is 0 Å². The number of hydrogen-bond acceptors (Lipinski definition) is 7. The van der Waals surface area contributed by atoms with Crippen LogP contribution in [0.15, 0.2) is 35.5 Å². The molecule has 2 aliphatic heterocycles. The van der Waals surface area contributed by atoms with Gasteiger partial charge in [0.25, 0.3) is 5.91 Å². The molecule has 0 aliphatic carbocycles. The molecule has 1 aromatic carbocycles. The smallest absolute Gasteiger partial charge is 0.253 e. The summed E-state index contributed by atoms with van der Waals surface area (Å²) in [6.45, 7) is 13.4. The van der Waals surface area contributed by atoms with Crippen LogP contribution in [0.2, 0.25) is 0 Å². The third-order valence-electron chi connectivity index (χ3n) is 6.35. The summed E-state index contributed by atoms with van der Waals surface area (Å²) in [6.07, 6.45) is 0. The highest BCUT2D eigenvalue weighted by Crippen LogP contribution is 2.29. The third-order valence-corrected chi connectivity index (χ3v) is 7.27. The molecule has 0 saturated carbocycles. The van der Waals surface area contributed by atoms with Crippen LogP contribution in [0.25, 0.3) is 0 Å². The molecule has 2 amide bonds. The van der Waals surface area contributed by atoms with Crippen molar-refractivity contribution in [1.82, 2.24) is 19.8 Å². The van der Waals surface area contributed by atoms with Gasteiger partial charge in [-0.05, 0) is 17.7 Å². The summed E-state index contributed by atoms with van der Waals surface area (Å²) in [6, 6.07) is 9.89. The average Bonchev–Trinajstić information content (AvgIpc) is 2.87. The molecule has 9 heteroatoms. The monoisotopic (exact) mass is 497 g/mol. The number of benzene rings is 1. The van der Waals surface area contributed by atoms with E-state index in [0.29, 0.717) is 50.7 Å². The van der Waals surface area contributed by atoms with Gasteiger partial charge in [0.15, 0.2) is 5.16 Å². The molecular weight excluding hydrogens is 462 g/mol. The molecule has 0 atom stereocenters. The maximum Gasteiger partial charge on any atom is 0.253 e. The molecule has 8 nitrogen and oxygen atoms in total. The van der Waals surface area contributed by atoms with Gasteiger partial charge in [-0.15, -0.1) is 0 Å². The summed E-state index contributed by atoms with van der Waals surface area (Å²) < 4.78 is 5.51. The van der Waals surface area contributed by atoms with E-state index in [0.717, 1.165) is 35.3 Å². The lowest BCUT2D eigenvalue weighted by atomic mass is 9.92. The van der Waals surface area contributed by atoms with Crippen molar-refractivity contribution in [3.63, 3.8) is 0 Å². The number of nitrogens with zero attached hydrogens (tertiary/aromatic N) is 5. The Hall–Kier alpha value is -2.65. The van der Waals surface area contributed by atoms with E-state index >= 15 is 0 Å². The van der Waals surface area contributed by atoms with Crippen molar-refractivity contribution in [1.29, 1.82) is 0 Å². The minimum Gasteiger partial charge on any atom is -0.378 e. The van der Waals surface area contributed by atoms with E-state index in [-0.39, 0.29) is 17.2 Å². The number of ether oxygens (including phenoxy) is 1. The van der Waals surface area contributed by atoms with E-state index in [1.54, 1.807) is 23.6 Å². The molecule has 2 saturated heterocycles. The van der Waals surface area contributed by atoms with E-state index in [9.17, 15) is 9.59 Å². The first-order chi connectivity index (χ1) is 16.7. The molecule has 1 aromatic heterocycles. The Morgan fingerprint density at radius 1 is 0.971 bits per heavy atom. The fraction of sp³-hybridized carbons (Fsp3) is 0.538. The van der Waals surface area contributed by atoms with E-state index in [2.05, 4.69) is 31.7 Å². The zero-order valence-corrected chi connectivity index (χ0v) is 21.9. The first-order valence-electron chi connectivity index (χ1n) is 12.2. The molecule has 0 bridgehead atoms. The standard InChI is InChI=1S/C26H35N5O3S/c1-19(32)29-8-10-31(11-9-29)24(33)21-7-5-6-20(16-21)18-35-25-27-22(26(2,3)4)17-23(28-25)30-12-14-34-15-13-30/h5-7,16-17H,8-15,18H2,1-4H3. The van der Waals surface area contributed by atoms with Crippen LogP contribution in [0, 0.1) is 0 Å². The van der Waals surface area contributed by atoms with Gasteiger partial charge < -0.3 is 19.4 Å². The second kappa shape index (κ2) is 11.0. The largest absolute Gasteiger partial charge is 0.378 e. The van der Waals surface area contributed by atoms with Gasteiger partial charge in [0.2, 0.25) is 5.91 Å². The van der Waals surface area contributed by atoms with Gasteiger partial charge >= 0.3 is 0 Å². The van der Waals surface area contributed by atoms with Crippen molar-refractivity contribution >= 4 is 29.4 Å². The van der Waals surface area contributed by atoms with Gasteiger partial charge in [-0.25, -0.2) is 9.97 Å². The number of amides is 2. The van der Waals surface area contributed by atoms with Crippen LogP contribution in [0.5, 0.6) is 0 Å². The molecule has 2 aliphatic rings. The van der Waals surface area contributed by atoms with E-state index in [1.165, 1.54) is 0 Å². The maximum atomic E-state index is 13.1. The van der Waals surface area contributed by atoms with Crippen LogP contribution in [-0.2, 0) is 20.7 Å². The first-order valence-corrected chi connectivity index (χ1v) is 13.2. The fourth-order valence-electron chi connectivity index (χ4n) is 4.17. The zero-order chi connectivity index (χ0) is 25.0. The van der Waals surface area contributed by atoms with Gasteiger partial charge in [0.1, 0.15) is 5.82 Å². The van der Waals surface area contributed by atoms with Crippen molar-refractivity contribution in [2.75, 3.05) is 57.4 Å². The predicted molar refractivity (Wildman–Crippen MR) is 138 cm³/mol. The number of anilines is 1. The summed E-state index contributed by atoms with van der Waals surface area (Å²) in [7, 11) is 0. The highest BCUT2D eigenvalue weighted by atomic mass is 32.2. The Bertz CT molecular complexity index is 1060. The Kier molecular flexibility index (Phi) is 7.96. The molecule has 35 heavy (non-hydrogen) atoms. The van der Waals surface area contributed by atoms with Crippen LogP contribution >= 0.6 is 11.8 Å². The number of rotatable bonds is 5. The second-order valence-corrected chi connectivity index (χ2v) is 11.0. The number of aromatic nitrogens is 2. The minimum atomic E-state index is -0.0853. The summed E-state index contributed by atoms with van der Waals surface area (Å²) in [5.41, 5.74) is 2.67. The number of carbonyl (C=O) groups is 2. The van der Waals surface area contributed by atoms with Crippen molar-refractivity contribution in [2.24, 2.45) is 0 Å². The molecule has 0 unspecified atom stereocenters. The predicted octanol–water partition coefficient (Wildman–Crippen LogP) is 3.21. The zero-order valence-electron chi connectivity index (χ0n) is 21.1. The Balaban J connectivity index is 1.45. The summed E-state index contributed by atoms with van der Waals surface area (Å²) in [5.74, 6) is 1.70. The highest BCUT2D eigenvalue weighted by Gasteiger charge is 2.24. The molecule has 0 spiro atoms. The highest BCUT2D eigenvalue weighted by molar-refractivity contribution is 7.98. The average molecular weight is 498 g/mol. The molecule has 3 heterocycles. The van der Waals surface area contributed by atoms with E-state index in [1.807, 2.05) is 29.2 Å². The molecule has 0 radical (unpaired) electrons. The van der Waals surface area contributed by atoms with Gasteiger partial charge in [-0.2, -0.15) is 0 Å². The third kappa shape index (κ3) is 6.52. The minimum absolute atomic E-state index is 0.0145. The molecule has 188 valence electrons. The SMILES string of the molecule is CC(=O)N1CCN(C(=O)c2cccc(CSc3nc(N4CCOCC4)cc(C(C)(C)C)n3)c2)CC1. The fourth-order valence-corrected chi connectivity index (χ4v) is 4.96. The van der Waals surface area contributed by atoms with Crippen molar-refractivity contribution in [2.45, 2.75) is 44.0 Å². The number of carbonyl (C=O) groups excluding carboxylic acids is 2. The maximum absolute atomic E-state index is 13.1. The molecular formula is C26H35N5O3S. The first kappa shape index (κ1) is 25.4. The second-order valence-electron chi connectivity index (χ2n) is 10.0. The lowest BCUT2D eigenvalue weighted by Gasteiger charge is -2.34. The van der Waals surface area contributed by atoms with Gasteiger partial charge in [-0.1, -0.05) is 44.7 Å². The molecule has 0 N–H and O–H groups in total. The van der Waals surface area contributed by atoms with Gasteiger partial charge in [0, 0.05) is 69.0 Å². The lowest BCUT2D eigenvalue weighted by molar-refractivity contribution is -0.130. The summed E-state index contributed by atoms with van der Waals surface area (Å²) >= 11 is 1.59. The van der Waals surface area contributed by atoms with Crippen LogP contribution in [-0.4, -0.2) is 84.1 Å². The van der Waals surface area contributed by atoms with Crippen LogP contribution in [0.1, 0.15) is 49.3 Å². The lowest BCUT2D eigenvalue weighted by Crippen LogP contribution is -2.50. The summed E-state index contributed by atoms with van der Waals surface area (Å²) in [5, 5.41) is 0.746.